The van der Waals surface area contributed by atoms with Gasteiger partial charge in [-0.2, -0.15) is 10.1 Å². The first-order chi connectivity index (χ1) is 13.8. The molecule has 1 N–H and O–H groups in total. The number of nitrogens with zero attached hydrogens (tertiary/aromatic N) is 5. The molecule has 3 aromatic heterocycles. The first-order valence-corrected chi connectivity index (χ1v) is 9.23. The fourth-order valence-electron chi connectivity index (χ4n) is 2.75. The molecule has 4 aromatic rings. The van der Waals surface area contributed by atoms with Crippen LogP contribution in [0.4, 0.5) is 13.9 Å². The van der Waals surface area contributed by atoms with Crippen LogP contribution in [0.25, 0.3) is 22.1 Å². The number of carbonyl (C=O) groups excluding carboxylic acids is 1. The Balaban J connectivity index is 1.64. The molecule has 11 heteroatoms. The number of hydrogen-bond acceptors (Lipinski definition) is 7. The zero-order valence-electron chi connectivity index (χ0n) is 15.5. The Morgan fingerprint density at radius 3 is 2.59 bits per heavy atom. The van der Waals surface area contributed by atoms with Gasteiger partial charge in [-0.3, -0.25) is 14.8 Å². The predicted molar refractivity (Wildman–Crippen MR) is 101 cm³/mol. The Hall–Kier alpha value is -3.47. The van der Waals surface area contributed by atoms with Crippen LogP contribution in [0.3, 0.4) is 0 Å². The first-order valence-electron chi connectivity index (χ1n) is 8.41. The predicted octanol–water partition coefficient (Wildman–Crippen LogP) is 3.74. The van der Waals surface area contributed by atoms with Crippen LogP contribution in [0.15, 0.2) is 28.8 Å². The van der Waals surface area contributed by atoms with Crippen molar-refractivity contribution in [3.05, 3.63) is 53.0 Å². The number of nitrogens with one attached hydrogen (secondary N) is 1. The molecule has 148 valence electrons. The normalized spacial score (nSPS) is 11.1. The van der Waals surface area contributed by atoms with Crippen LogP contribution < -0.4 is 5.32 Å². The topological polar surface area (TPSA) is 98.7 Å². The number of hydrogen-bond donors (Lipinski definition) is 1. The monoisotopic (exact) mass is 416 g/mol. The highest BCUT2D eigenvalue weighted by Crippen LogP contribution is 2.34. The van der Waals surface area contributed by atoms with Crippen LogP contribution in [0.2, 0.25) is 0 Å². The lowest BCUT2D eigenvalue weighted by Gasteiger charge is -2.04. The second-order valence-electron chi connectivity index (χ2n) is 6.16. The highest BCUT2D eigenvalue weighted by Gasteiger charge is 2.21. The number of thiazole rings is 1. The molecule has 8 nitrogen and oxygen atoms in total. The Morgan fingerprint density at radius 1 is 1.21 bits per heavy atom. The number of benzene rings is 1. The van der Waals surface area contributed by atoms with Crippen LogP contribution in [0, 0.1) is 25.5 Å². The maximum atomic E-state index is 13.8. The van der Waals surface area contributed by atoms with Gasteiger partial charge in [-0.1, -0.05) is 22.6 Å². The van der Waals surface area contributed by atoms with E-state index >= 15 is 0 Å². The molecular formula is C18H14F2N6O2S. The number of amides is 1. The first kappa shape index (κ1) is 18.9. The third kappa shape index (κ3) is 3.51. The lowest BCUT2D eigenvalue weighted by Crippen LogP contribution is -2.15. The Bertz CT molecular complexity index is 1210. The molecule has 0 saturated carbocycles. The van der Waals surface area contributed by atoms with Crippen molar-refractivity contribution in [2.45, 2.75) is 13.8 Å². The largest absolute Gasteiger partial charge is 0.339 e. The molecule has 4 rings (SSSR count). The maximum absolute atomic E-state index is 13.8. The van der Waals surface area contributed by atoms with Gasteiger partial charge in [-0.15, -0.1) is 0 Å². The molecular weight excluding hydrogens is 402 g/mol. The number of anilines is 1. The van der Waals surface area contributed by atoms with E-state index in [0.29, 0.717) is 23.1 Å². The Kier molecular flexibility index (Phi) is 4.66. The van der Waals surface area contributed by atoms with E-state index in [1.165, 1.54) is 6.07 Å². The van der Waals surface area contributed by atoms with Crippen molar-refractivity contribution in [1.82, 2.24) is 24.9 Å². The number of halogens is 2. The Morgan fingerprint density at radius 2 is 1.93 bits per heavy atom. The summed E-state index contributed by atoms with van der Waals surface area (Å²) in [6.45, 7) is 3.44. The number of aromatic nitrogens is 5. The van der Waals surface area contributed by atoms with Gasteiger partial charge in [0.1, 0.15) is 22.9 Å². The minimum atomic E-state index is -0.942. The lowest BCUT2D eigenvalue weighted by atomic mass is 10.2. The number of carbonyl (C=O) groups is 1. The highest BCUT2D eigenvalue weighted by atomic mass is 32.1. The van der Waals surface area contributed by atoms with E-state index in [9.17, 15) is 13.6 Å². The maximum Gasteiger partial charge on any atom is 0.263 e. The summed E-state index contributed by atoms with van der Waals surface area (Å²) < 4.78 is 34.3. The van der Waals surface area contributed by atoms with Crippen LogP contribution >= 0.6 is 11.3 Å². The van der Waals surface area contributed by atoms with Crippen LogP contribution in [-0.4, -0.2) is 30.8 Å². The third-order valence-corrected chi connectivity index (χ3v) is 5.17. The fourth-order valence-corrected chi connectivity index (χ4v) is 3.76. The summed E-state index contributed by atoms with van der Waals surface area (Å²) in [4.78, 5) is 21.5. The van der Waals surface area contributed by atoms with E-state index < -0.39 is 23.1 Å². The molecule has 0 atom stereocenters. The van der Waals surface area contributed by atoms with Gasteiger partial charge in [0.15, 0.2) is 5.13 Å². The van der Waals surface area contributed by atoms with Crippen molar-refractivity contribution in [2.75, 3.05) is 5.32 Å². The minimum absolute atomic E-state index is 0.211. The molecule has 1 amide bonds. The van der Waals surface area contributed by atoms with E-state index in [0.717, 1.165) is 34.0 Å². The summed E-state index contributed by atoms with van der Waals surface area (Å²) in [6.07, 6.45) is 0. The third-order valence-electron chi connectivity index (χ3n) is 4.08. The molecule has 0 unspecified atom stereocenters. The van der Waals surface area contributed by atoms with Crippen LogP contribution in [0.5, 0.6) is 0 Å². The minimum Gasteiger partial charge on any atom is -0.339 e. The van der Waals surface area contributed by atoms with Crippen molar-refractivity contribution < 1.29 is 18.1 Å². The van der Waals surface area contributed by atoms with Crippen molar-refractivity contribution in [3.8, 4) is 22.1 Å². The van der Waals surface area contributed by atoms with Gasteiger partial charge in [0.25, 0.3) is 5.91 Å². The molecule has 0 aliphatic rings. The van der Waals surface area contributed by atoms with E-state index in [-0.39, 0.29) is 5.13 Å². The molecule has 0 aliphatic carbocycles. The zero-order chi connectivity index (χ0) is 20.7. The molecule has 0 radical (unpaired) electrons. The van der Waals surface area contributed by atoms with Crippen molar-refractivity contribution >= 4 is 22.4 Å². The molecule has 0 aliphatic heterocycles. The molecule has 0 saturated heterocycles. The van der Waals surface area contributed by atoms with Gasteiger partial charge in [0, 0.05) is 14.0 Å². The second kappa shape index (κ2) is 7.17. The summed E-state index contributed by atoms with van der Waals surface area (Å²) in [7, 11) is 1.75. The quantitative estimate of drug-likeness (QED) is 0.544. The smallest absolute Gasteiger partial charge is 0.263 e. The van der Waals surface area contributed by atoms with Crippen LogP contribution in [-0.2, 0) is 7.05 Å². The van der Waals surface area contributed by atoms with E-state index in [1.54, 1.807) is 31.6 Å². The van der Waals surface area contributed by atoms with Gasteiger partial charge in [0.05, 0.1) is 16.3 Å². The molecule has 0 spiro atoms. The van der Waals surface area contributed by atoms with Crippen molar-refractivity contribution in [1.29, 1.82) is 0 Å². The average molecular weight is 416 g/mol. The standard InChI is InChI=1S/C18H14F2N6O2S/c1-8-15(13-7-12(24-26(13)3)16-22-9(2)28-25-16)29-18(21-8)23-17(27)14-10(19)5-4-6-11(14)20/h4-7H,1-3H3,(H,21,23,27). The van der Waals surface area contributed by atoms with E-state index in [4.69, 9.17) is 4.52 Å². The van der Waals surface area contributed by atoms with E-state index in [1.807, 2.05) is 0 Å². The highest BCUT2D eigenvalue weighted by molar-refractivity contribution is 7.19. The summed E-state index contributed by atoms with van der Waals surface area (Å²) in [6, 6.07) is 5.01. The van der Waals surface area contributed by atoms with E-state index in [2.05, 4.69) is 25.5 Å². The lowest BCUT2D eigenvalue weighted by molar-refractivity contribution is 0.101. The molecule has 3 heterocycles. The summed E-state index contributed by atoms with van der Waals surface area (Å²) in [5.74, 6) is -2.01. The second-order valence-corrected chi connectivity index (χ2v) is 7.16. The number of aryl methyl sites for hydroxylation is 3. The van der Waals surface area contributed by atoms with Crippen LogP contribution in [0.1, 0.15) is 21.9 Å². The molecule has 0 fully saturated rings. The van der Waals surface area contributed by atoms with Gasteiger partial charge in [0.2, 0.25) is 11.7 Å². The van der Waals surface area contributed by atoms with Gasteiger partial charge in [-0.05, 0) is 25.1 Å². The summed E-state index contributed by atoms with van der Waals surface area (Å²) >= 11 is 1.16. The van der Waals surface area contributed by atoms with Gasteiger partial charge in [-0.25, -0.2) is 13.8 Å². The summed E-state index contributed by atoms with van der Waals surface area (Å²) in [5.41, 5.74) is 1.21. The Labute approximate surface area is 167 Å². The fraction of sp³-hybridized carbons (Fsp3) is 0.167. The zero-order valence-corrected chi connectivity index (χ0v) is 16.3. The molecule has 29 heavy (non-hydrogen) atoms. The van der Waals surface area contributed by atoms with Gasteiger partial charge >= 0.3 is 0 Å². The molecule has 1 aromatic carbocycles. The van der Waals surface area contributed by atoms with Crippen molar-refractivity contribution in [3.63, 3.8) is 0 Å². The summed E-state index contributed by atoms with van der Waals surface area (Å²) in [5, 5.41) is 10.9. The van der Waals surface area contributed by atoms with Gasteiger partial charge < -0.3 is 4.52 Å². The average Bonchev–Trinajstić information content (AvgIpc) is 3.33. The number of rotatable bonds is 4. The SMILES string of the molecule is Cc1nc(-c2cc(-c3sc(NC(=O)c4c(F)cccc4F)nc3C)n(C)n2)no1. The van der Waals surface area contributed by atoms with Crippen molar-refractivity contribution in [2.24, 2.45) is 7.05 Å². The molecule has 0 bridgehead atoms.